The summed E-state index contributed by atoms with van der Waals surface area (Å²) in [5.41, 5.74) is 7.82. The topological polar surface area (TPSA) is 56.2 Å². The summed E-state index contributed by atoms with van der Waals surface area (Å²) in [6, 6.07) is 8.80. The van der Waals surface area contributed by atoms with Crippen LogP contribution in [0, 0.1) is 6.92 Å². The molecule has 2 aromatic rings. The van der Waals surface area contributed by atoms with Crippen molar-refractivity contribution in [2.45, 2.75) is 20.3 Å². The highest BCUT2D eigenvalue weighted by Crippen LogP contribution is 2.18. The van der Waals surface area contributed by atoms with Gasteiger partial charge in [0.25, 0.3) is 0 Å². The molecule has 1 aromatic carbocycles. The standard InChI is InChI=1S/C14H15NO2/c1-3-11-5-7-13(17-11)14(16)12-6-4-10(15)8-9(12)2/h4-8H,3,15H2,1-2H3. The summed E-state index contributed by atoms with van der Waals surface area (Å²) in [5, 5.41) is 0. The van der Waals surface area contributed by atoms with E-state index in [2.05, 4.69) is 0 Å². The van der Waals surface area contributed by atoms with E-state index in [0.717, 1.165) is 17.7 Å². The molecular formula is C14H15NO2. The molecule has 1 aromatic heterocycles. The minimum Gasteiger partial charge on any atom is -0.458 e. The number of carbonyl (C=O) groups excluding carboxylic acids is 1. The van der Waals surface area contributed by atoms with Gasteiger partial charge in [0, 0.05) is 17.7 Å². The number of carbonyl (C=O) groups is 1. The number of benzene rings is 1. The zero-order chi connectivity index (χ0) is 12.4. The fourth-order valence-electron chi connectivity index (χ4n) is 1.76. The van der Waals surface area contributed by atoms with Crippen molar-refractivity contribution in [1.82, 2.24) is 0 Å². The molecule has 0 fully saturated rings. The second-order valence-corrected chi connectivity index (χ2v) is 4.02. The SMILES string of the molecule is CCc1ccc(C(=O)c2ccc(N)cc2C)o1. The van der Waals surface area contributed by atoms with Gasteiger partial charge in [-0.05, 0) is 42.8 Å². The van der Waals surface area contributed by atoms with Crippen LogP contribution in [0.1, 0.15) is 34.4 Å². The predicted octanol–water partition coefficient (Wildman–Crippen LogP) is 2.96. The van der Waals surface area contributed by atoms with E-state index in [1.54, 1.807) is 24.3 Å². The molecule has 0 aliphatic heterocycles. The summed E-state index contributed by atoms with van der Waals surface area (Å²) < 4.78 is 5.45. The zero-order valence-electron chi connectivity index (χ0n) is 9.99. The number of ketones is 1. The van der Waals surface area contributed by atoms with Crippen LogP contribution in [0.3, 0.4) is 0 Å². The number of anilines is 1. The highest BCUT2D eigenvalue weighted by atomic mass is 16.3. The Hall–Kier alpha value is -2.03. The summed E-state index contributed by atoms with van der Waals surface area (Å²) in [5.74, 6) is 1.11. The second-order valence-electron chi connectivity index (χ2n) is 4.02. The first-order valence-electron chi connectivity index (χ1n) is 5.61. The Kier molecular flexibility index (Phi) is 3.00. The van der Waals surface area contributed by atoms with Gasteiger partial charge in [0.05, 0.1) is 0 Å². The number of hydrogen-bond donors (Lipinski definition) is 1. The number of furan rings is 1. The molecule has 2 N–H and O–H groups in total. The molecular weight excluding hydrogens is 214 g/mol. The Morgan fingerprint density at radius 1 is 1.29 bits per heavy atom. The van der Waals surface area contributed by atoms with Gasteiger partial charge in [-0.3, -0.25) is 4.79 Å². The quantitative estimate of drug-likeness (QED) is 0.650. The lowest BCUT2D eigenvalue weighted by Gasteiger charge is -2.03. The van der Waals surface area contributed by atoms with Crippen LogP contribution in [0.2, 0.25) is 0 Å². The van der Waals surface area contributed by atoms with Crippen LogP contribution < -0.4 is 5.73 Å². The van der Waals surface area contributed by atoms with Crippen LogP contribution in [0.5, 0.6) is 0 Å². The van der Waals surface area contributed by atoms with E-state index in [1.807, 2.05) is 19.9 Å². The van der Waals surface area contributed by atoms with Crippen LogP contribution in [-0.4, -0.2) is 5.78 Å². The Morgan fingerprint density at radius 2 is 2.06 bits per heavy atom. The maximum absolute atomic E-state index is 12.2. The number of nitrogen functional groups attached to an aromatic ring is 1. The molecule has 0 spiro atoms. The molecule has 3 heteroatoms. The molecule has 3 nitrogen and oxygen atoms in total. The van der Waals surface area contributed by atoms with Crippen molar-refractivity contribution in [3.05, 3.63) is 53.0 Å². The molecule has 0 radical (unpaired) electrons. The lowest BCUT2D eigenvalue weighted by molar-refractivity contribution is 0.101. The number of rotatable bonds is 3. The van der Waals surface area contributed by atoms with E-state index >= 15 is 0 Å². The lowest BCUT2D eigenvalue weighted by Crippen LogP contribution is -2.03. The first kappa shape index (κ1) is 11.5. The van der Waals surface area contributed by atoms with Gasteiger partial charge in [-0.25, -0.2) is 0 Å². The van der Waals surface area contributed by atoms with E-state index in [1.165, 1.54) is 0 Å². The molecule has 0 bridgehead atoms. The molecule has 88 valence electrons. The highest BCUT2D eigenvalue weighted by Gasteiger charge is 2.15. The third-order valence-electron chi connectivity index (χ3n) is 2.73. The van der Waals surface area contributed by atoms with Crippen LogP contribution in [-0.2, 0) is 6.42 Å². The van der Waals surface area contributed by atoms with Crippen molar-refractivity contribution in [3.63, 3.8) is 0 Å². The predicted molar refractivity (Wildman–Crippen MR) is 67.1 cm³/mol. The molecule has 0 aliphatic rings. The average Bonchev–Trinajstić information content (AvgIpc) is 2.76. The molecule has 0 saturated carbocycles. The normalized spacial score (nSPS) is 10.5. The van der Waals surface area contributed by atoms with Crippen molar-refractivity contribution in [3.8, 4) is 0 Å². The van der Waals surface area contributed by atoms with Gasteiger partial charge < -0.3 is 10.2 Å². The van der Waals surface area contributed by atoms with Crippen molar-refractivity contribution >= 4 is 11.5 Å². The monoisotopic (exact) mass is 229 g/mol. The van der Waals surface area contributed by atoms with Gasteiger partial charge >= 0.3 is 0 Å². The van der Waals surface area contributed by atoms with Crippen LogP contribution in [0.15, 0.2) is 34.7 Å². The van der Waals surface area contributed by atoms with E-state index < -0.39 is 0 Å². The zero-order valence-corrected chi connectivity index (χ0v) is 9.99. The smallest absolute Gasteiger partial charge is 0.228 e. The van der Waals surface area contributed by atoms with E-state index in [-0.39, 0.29) is 5.78 Å². The van der Waals surface area contributed by atoms with Gasteiger partial charge in [0.2, 0.25) is 5.78 Å². The van der Waals surface area contributed by atoms with E-state index in [9.17, 15) is 4.79 Å². The maximum Gasteiger partial charge on any atom is 0.228 e. The number of hydrogen-bond acceptors (Lipinski definition) is 3. The number of aryl methyl sites for hydroxylation is 2. The molecule has 17 heavy (non-hydrogen) atoms. The minimum atomic E-state index is -0.0952. The Morgan fingerprint density at radius 3 is 2.65 bits per heavy atom. The van der Waals surface area contributed by atoms with E-state index in [0.29, 0.717) is 17.0 Å². The molecule has 2 rings (SSSR count). The highest BCUT2D eigenvalue weighted by molar-refractivity contribution is 6.08. The van der Waals surface area contributed by atoms with Crippen LogP contribution >= 0.6 is 0 Å². The Bertz CT molecular complexity index is 555. The van der Waals surface area contributed by atoms with Crippen molar-refractivity contribution < 1.29 is 9.21 Å². The van der Waals surface area contributed by atoms with Gasteiger partial charge in [0.15, 0.2) is 5.76 Å². The van der Waals surface area contributed by atoms with Gasteiger partial charge in [-0.2, -0.15) is 0 Å². The molecule has 0 amide bonds. The average molecular weight is 229 g/mol. The Balaban J connectivity index is 2.36. The summed E-state index contributed by atoms with van der Waals surface area (Å²) in [6.45, 7) is 3.86. The molecule has 0 saturated heterocycles. The lowest BCUT2D eigenvalue weighted by atomic mass is 10.0. The van der Waals surface area contributed by atoms with Gasteiger partial charge in [0.1, 0.15) is 5.76 Å². The van der Waals surface area contributed by atoms with Gasteiger partial charge in [-0.1, -0.05) is 6.92 Å². The van der Waals surface area contributed by atoms with Crippen LogP contribution in [0.25, 0.3) is 0 Å². The summed E-state index contributed by atoms with van der Waals surface area (Å²) in [4.78, 5) is 12.2. The maximum atomic E-state index is 12.2. The third kappa shape index (κ3) is 2.23. The summed E-state index contributed by atoms with van der Waals surface area (Å²) >= 11 is 0. The third-order valence-corrected chi connectivity index (χ3v) is 2.73. The van der Waals surface area contributed by atoms with Gasteiger partial charge in [-0.15, -0.1) is 0 Å². The van der Waals surface area contributed by atoms with E-state index in [4.69, 9.17) is 10.2 Å². The van der Waals surface area contributed by atoms with Crippen molar-refractivity contribution in [1.29, 1.82) is 0 Å². The first-order valence-corrected chi connectivity index (χ1v) is 5.61. The molecule has 1 heterocycles. The summed E-state index contributed by atoms with van der Waals surface area (Å²) in [7, 11) is 0. The minimum absolute atomic E-state index is 0.0952. The van der Waals surface area contributed by atoms with Crippen molar-refractivity contribution in [2.75, 3.05) is 5.73 Å². The second kappa shape index (κ2) is 4.45. The molecule has 0 atom stereocenters. The molecule has 0 unspecified atom stereocenters. The van der Waals surface area contributed by atoms with Crippen LogP contribution in [0.4, 0.5) is 5.69 Å². The van der Waals surface area contributed by atoms with Crippen molar-refractivity contribution in [2.24, 2.45) is 0 Å². The first-order chi connectivity index (χ1) is 8.11. The number of nitrogens with two attached hydrogens (primary N) is 1. The fourth-order valence-corrected chi connectivity index (χ4v) is 1.76. The largest absolute Gasteiger partial charge is 0.458 e. The Labute approximate surface area is 100 Å². The summed E-state index contributed by atoms with van der Waals surface area (Å²) in [6.07, 6.45) is 0.786. The molecule has 0 aliphatic carbocycles. The fraction of sp³-hybridized carbons (Fsp3) is 0.214.